The summed E-state index contributed by atoms with van der Waals surface area (Å²) in [5.41, 5.74) is -0.178. The molecule has 0 bridgehead atoms. The van der Waals surface area contributed by atoms with Gasteiger partial charge in [0.15, 0.2) is 0 Å². The number of carbonyl (C=O) groups is 1. The Morgan fingerprint density at radius 3 is 2.54 bits per heavy atom. The average molecular weight is 350 g/mol. The lowest BCUT2D eigenvalue weighted by atomic mass is 10.1. The quantitative estimate of drug-likeness (QED) is 0.864. The Morgan fingerprint density at radius 2 is 1.96 bits per heavy atom. The molecule has 1 unspecified atom stereocenters. The minimum Gasteiger partial charge on any atom is -0.324 e. The molecule has 0 radical (unpaired) electrons. The van der Waals surface area contributed by atoms with Gasteiger partial charge in [-0.1, -0.05) is 6.07 Å². The minimum atomic E-state index is -3.66. The highest BCUT2D eigenvalue weighted by atomic mass is 32.2. The molecule has 1 amide bonds. The Hall–Kier alpha value is -2.19. The molecule has 0 saturated heterocycles. The zero-order valence-electron chi connectivity index (χ0n) is 14.1. The van der Waals surface area contributed by atoms with E-state index in [1.54, 1.807) is 58.3 Å². The van der Waals surface area contributed by atoms with Crippen LogP contribution in [0.25, 0.3) is 0 Å². The second-order valence-electron chi connectivity index (χ2n) is 6.53. The molecule has 130 valence electrons. The molecule has 1 aromatic heterocycles. The van der Waals surface area contributed by atoms with Gasteiger partial charge in [0.05, 0.1) is 4.90 Å². The number of nitrogens with zero attached hydrogens (tertiary/aromatic N) is 2. The van der Waals surface area contributed by atoms with Gasteiger partial charge in [-0.15, -0.1) is 0 Å². The van der Waals surface area contributed by atoms with Crippen molar-refractivity contribution in [3.05, 3.63) is 42.7 Å². The molecule has 2 rings (SSSR count). The molecule has 2 aromatic rings. The first-order chi connectivity index (χ1) is 11.1. The number of aromatic nitrogens is 2. The number of amides is 1. The molecule has 0 aliphatic rings. The predicted octanol–water partition coefficient (Wildman–Crippen LogP) is 2.16. The summed E-state index contributed by atoms with van der Waals surface area (Å²) < 4.78 is 28.8. The Kier molecular flexibility index (Phi) is 5.10. The SMILES string of the molecule is CC(C(=O)Nc1cccc(S(=O)(=O)NC(C)(C)C)c1)n1cccn1. The average Bonchev–Trinajstić information content (AvgIpc) is 2.98. The van der Waals surface area contributed by atoms with Gasteiger partial charge in [-0.25, -0.2) is 13.1 Å². The molecule has 0 saturated carbocycles. The van der Waals surface area contributed by atoms with Crippen LogP contribution in [0.3, 0.4) is 0 Å². The fraction of sp³-hybridized carbons (Fsp3) is 0.375. The van der Waals surface area contributed by atoms with Crippen LogP contribution in [0.1, 0.15) is 33.7 Å². The van der Waals surface area contributed by atoms with Gasteiger partial charge in [-0.05, 0) is 52.0 Å². The highest BCUT2D eigenvalue weighted by Gasteiger charge is 2.22. The first-order valence-corrected chi connectivity index (χ1v) is 9.01. The third-order valence-electron chi connectivity index (χ3n) is 3.15. The van der Waals surface area contributed by atoms with Gasteiger partial charge in [0, 0.05) is 23.6 Å². The van der Waals surface area contributed by atoms with Crippen LogP contribution in [-0.4, -0.2) is 29.6 Å². The number of rotatable bonds is 5. The van der Waals surface area contributed by atoms with Crippen molar-refractivity contribution in [1.82, 2.24) is 14.5 Å². The van der Waals surface area contributed by atoms with E-state index in [0.717, 1.165) is 0 Å². The standard InChI is InChI=1S/C16H22N4O3S/c1-12(20-10-6-9-17-20)15(21)18-13-7-5-8-14(11-13)24(22,23)19-16(2,3)4/h5-12,19H,1-4H3,(H,18,21). The van der Waals surface area contributed by atoms with E-state index in [1.165, 1.54) is 16.8 Å². The zero-order valence-corrected chi connectivity index (χ0v) is 15.0. The number of benzene rings is 1. The maximum Gasteiger partial charge on any atom is 0.248 e. The topological polar surface area (TPSA) is 93.1 Å². The maximum absolute atomic E-state index is 12.4. The fourth-order valence-electron chi connectivity index (χ4n) is 2.08. The largest absolute Gasteiger partial charge is 0.324 e. The molecule has 1 atom stereocenters. The van der Waals surface area contributed by atoms with E-state index < -0.39 is 21.6 Å². The lowest BCUT2D eigenvalue weighted by Gasteiger charge is -2.20. The molecular weight excluding hydrogens is 328 g/mol. The van der Waals surface area contributed by atoms with E-state index in [-0.39, 0.29) is 10.8 Å². The summed E-state index contributed by atoms with van der Waals surface area (Å²) in [6.07, 6.45) is 3.29. The fourth-order valence-corrected chi connectivity index (χ4v) is 3.54. The number of anilines is 1. The summed E-state index contributed by atoms with van der Waals surface area (Å²) in [7, 11) is -3.66. The highest BCUT2D eigenvalue weighted by molar-refractivity contribution is 7.89. The van der Waals surface area contributed by atoms with Crippen molar-refractivity contribution in [2.24, 2.45) is 0 Å². The van der Waals surface area contributed by atoms with Crippen LogP contribution in [0.4, 0.5) is 5.69 Å². The van der Waals surface area contributed by atoms with E-state index in [9.17, 15) is 13.2 Å². The number of hydrogen-bond donors (Lipinski definition) is 2. The van der Waals surface area contributed by atoms with E-state index in [1.807, 2.05) is 0 Å². The summed E-state index contributed by atoms with van der Waals surface area (Å²) in [6, 6.07) is 7.38. The molecule has 7 nitrogen and oxygen atoms in total. The number of nitrogens with one attached hydrogen (secondary N) is 2. The van der Waals surface area contributed by atoms with Crippen molar-refractivity contribution in [2.45, 2.75) is 44.2 Å². The van der Waals surface area contributed by atoms with Gasteiger partial charge in [0.1, 0.15) is 6.04 Å². The van der Waals surface area contributed by atoms with Crippen LogP contribution in [0.15, 0.2) is 47.6 Å². The Labute approximate surface area is 142 Å². The summed E-state index contributed by atoms with van der Waals surface area (Å²) in [6.45, 7) is 7.01. The van der Waals surface area contributed by atoms with Crippen molar-refractivity contribution in [2.75, 3.05) is 5.32 Å². The third kappa shape index (κ3) is 4.65. The Morgan fingerprint density at radius 1 is 1.25 bits per heavy atom. The molecule has 0 aliphatic carbocycles. The molecule has 1 aromatic carbocycles. The molecule has 0 fully saturated rings. The van der Waals surface area contributed by atoms with Crippen molar-refractivity contribution >= 4 is 21.6 Å². The summed E-state index contributed by atoms with van der Waals surface area (Å²) >= 11 is 0. The Balaban J connectivity index is 2.17. The number of carbonyl (C=O) groups excluding carboxylic acids is 1. The van der Waals surface area contributed by atoms with Crippen LogP contribution >= 0.6 is 0 Å². The summed E-state index contributed by atoms with van der Waals surface area (Å²) in [5.74, 6) is -0.281. The van der Waals surface area contributed by atoms with Crippen LogP contribution in [0.2, 0.25) is 0 Å². The minimum absolute atomic E-state index is 0.0990. The lowest BCUT2D eigenvalue weighted by molar-refractivity contribution is -0.119. The molecule has 0 spiro atoms. The first kappa shape index (κ1) is 18.2. The van der Waals surface area contributed by atoms with Crippen LogP contribution < -0.4 is 10.0 Å². The van der Waals surface area contributed by atoms with Gasteiger partial charge in [0.2, 0.25) is 15.9 Å². The van der Waals surface area contributed by atoms with Crippen molar-refractivity contribution < 1.29 is 13.2 Å². The van der Waals surface area contributed by atoms with Gasteiger partial charge >= 0.3 is 0 Å². The molecular formula is C16H22N4O3S. The zero-order chi connectivity index (χ0) is 18.0. The first-order valence-electron chi connectivity index (χ1n) is 7.52. The van der Waals surface area contributed by atoms with Crippen LogP contribution in [0, 0.1) is 0 Å². The molecule has 2 N–H and O–H groups in total. The van der Waals surface area contributed by atoms with Crippen molar-refractivity contribution in [1.29, 1.82) is 0 Å². The second-order valence-corrected chi connectivity index (χ2v) is 8.22. The summed E-state index contributed by atoms with van der Waals surface area (Å²) in [5, 5.41) is 6.74. The number of sulfonamides is 1. The van der Waals surface area contributed by atoms with Crippen LogP contribution in [0.5, 0.6) is 0 Å². The van der Waals surface area contributed by atoms with Gasteiger partial charge in [-0.2, -0.15) is 5.10 Å². The smallest absolute Gasteiger partial charge is 0.248 e. The maximum atomic E-state index is 12.4. The van der Waals surface area contributed by atoms with Crippen molar-refractivity contribution in [3.8, 4) is 0 Å². The molecule has 0 aliphatic heterocycles. The predicted molar refractivity (Wildman–Crippen MR) is 92.1 cm³/mol. The van der Waals surface area contributed by atoms with E-state index >= 15 is 0 Å². The van der Waals surface area contributed by atoms with Gasteiger partial charge < -0.3 is 5.32 Å². The normalized spacial score (nSPS) is 13.5. The van der Waals surface area contributed by atoms with Gasteiger partial charge in [0.25, 0.3) is 0 Å². The number of hydrogen-bond acceptors (Lipinski definition) is 4. The van der Waals surface area contributed by atoms with E-state index in [0.29, 0.717) is 5.69 Å². The van der Waals surface area contributed by atoms with E-state index in [2.05, 4.69) is 15.1 Å². The van der Waals surface area contributed by atoms with Gasteiger partial charge in [-0.3, -0.25) is 9.48 Å². The van der Waals surface area contributed by atoms with Crippen molar-refractivity contribution in [3.63, 3.8) is 0 Å². The second kappa shape index (κ2) is 6.74. The Bertz CT molecular complexity index is 808. The lowest BCUT2D eigenvalue weighted by Crippen LogP contribution is -2.40. The molecule has 1 heterocycles. The third-order valence-corrected chi connectivity index (χ3v) is 4.91. The molecule has 8 heteroatoms. The highest BCUT2D eigenvalue weighted by Crippen LogP contribution is 2.18. The van der Waals surface area contributed by atoms with Crippen LogP contribution in [-0.2, 0) is 14.8 Å². The monoisotopic (exact) mass is 350 g/mol. The molecule has 24 heavy (non-hydrogen) atoms. The van der Waals surface area contributed by atoms with E-state index in [4.69, 9.17) is 0 Å². The summed E-state index contributed by atoms with van der Waals surface area (Å²) in [4.78, 5) is 12.4.